The van der Waals surface area contributed by atoms with Gasteiger partial charge in [-0.15, -0.1) is 0 Å². The Morgan fingerprint density at radius 3 is 2.18 bits per heavy atom. The highest BCUT2D eigenvalue weighted by molar-refractivity contribution is 9.10. The van der Waals surface area contributed by atoms with Crippen LogP contribution in [0.4, 0.5) is 5.69 Å². The van der Waals surface area contributed by atoms with Gasteiger partial charge in [0.2, 0.25) is 15.9 Å². The summed E-state index contributed by atoms with van der Waals surface area (Å²) >= 11 is 15.5. The van der Waals surface area contributed by atoms with Crippen LogP contribution < -0.4 is 5.32 Å². The van der Waals surface area contributed by atoms with Gasteiger partial charge in [0.25, 0.3) is 5.91 Å². The van der Waals surface area contributed by atoms with Crippen LogP contribution in [0.1, 0.15) is 15.9 Å². The van der Waals surface area contributed by atoms with E-state index in [-0.39, 0.29) is 22.4 Å². The summed E-state index contributed by atoms with van der Waals surface area (Å²) in [6, 6.07) is 17.6. The lowest BCUT2D eigenvalue weighted by Gasteiger charge is -2.32. The third kappa shape index (κ3) is 7.59. The fourth-order valence-electron chi connectivity index (χ4n) is 4.07. The van der Waals surface area contributed by atoms with Gasteiger partial charge in [-0.3, -0.25) is 9.59 Å². The highest BCUT2D eigenvalue weighted by Gasteiger charge is 2.27. The summed E-state index contributed by atoms with van der Waals surface area (Å²) in [5, 5.41) is 3.36. The normalized spacial score (nSPS) is 14.4. The molecule has 0 radical (unpaired) electrons. The van der Waals surface area contributed by atoms with E-state index >= 15 is 0 Å². The van der Waals surface area contributed by atoms with Gasteiger partial charge in [0.1, 0.15) is 0 Å². The number of amides is 2. The van der Waals surface area contributed by atoms with E-state index in [1.807, 2.05) is 11.9 Å². The lowest BCUT2D eigenvalue weighted by molar-refractivity contribution is -0.116. The summed E-state index contributed by atoms with van der Waals surface area (Å²) < 4.78 is 28.8. The molecule has 0 saturated carbocycles. The van der Waals surface area contributed by atoms with Gasteiger partial charge in [0.15, 0.2) is 0 Å². The maximum absolute atomic E-state index is 13.5. The number of carbonyl (C=O) groups is 2. The van der Waals surface area contributed by atoms with Crippen molar-refractivity contribution >= 4 is 66.7 Å². The van der Waals surface area contributed by atoms with Crippen LogP contribution in [-0.2, 0) is 21.4 Å². The van der Waals surface area contributed by atoms with Crippen LogP contribution in [0, 0.1) is 0 Å². The summed E-state index contributed by atoms with van der Waals surface area (Å²) in [5.41, 5.74) is 1.55. The third-order valence-corrected chi connectivity index (χ3v) is 9.39. The summed E-state index contributed by atoms with van der Waals surface area (Å²) in [6.45, 7) is 2.43. The largest absolute Gasteiger partial charge is 0.336 e. The third-order valence-electron chi connectivity index (χ3n) is 6.32. The molecule has 0 spiro atoms. The Balaban J connectivity index is 1.49. The first-order valence-electron chi connectivity index (χ1n) is 12.1. The zero-order valence-corrected chi connectivity index (χ0v) is 25.0. The molecule has 39 heavy (non-hydrogen) atoms. The van der Waals surface area contributed by atoms with Gasteiger partial charge in [-0.2, -0.15) is 4.31 Å². The smallest absolute Gasteiger partial charge is 0.253 e. The molecule has 4 rings (SSSR count). The monoisotopic (exact) mass is 652 g/mol. The first kappa shape index (κ1) is 29.5. The standard InChI is InChI=1S/C27H27BrCl2N4O4S/c1-32-12-14-33(15-13-32)27(36)20-3-7-22(8-4-20)31-26(35)18-34(17-19-2-11-24(29)25(30)16-19)39(37,38)23-9-5-21(28)6-10-23/h2-11,16H,12-15,17-18H2,1H3,(H,31,35). The van der Waals surface area contributed by atoms with Gasteiger partial charge in [-0.1, -0.05) is 45.2 Å². The second kappa shape index (κ2) is 12.8. The molecule has 1 heterocycles. The molecule has 3 aromatic carbocycles. The van der Waals surface area contributed by atoms with Crippen molar-refractivity contribution in [2.24, 2.45) is 0 Å². The Kier molecular flexibility index (Phi) is 9.69. The SMILES string of the molecule is CN1CCN(C(=O)c2ccc(NC(=O)CN(Cc3ccc(Cl)c(Cl)c3)S(=O)(=O)c3ccc(Br)cc3)cc2)CC1. The lowest BCUT2D eigenvalue weighted by Crippen LogP contribution is -2.47. The van der Waals surface area contributed by atoms with E-state index in [0.717, 1.165) is 21.9 Å². The number of likely N-dealkylation sites (N-methyl/N-ethyl adjacent to an activating group) is 1. The summed E-state index contributed by atoms with van der Waals surface area (Å²) in [5.74, 6) is -0.594. The second-order valence-corrected chi connectivity index (χ2v) is 12.9. The van der Waals surface area contributed by atoms with Crippen molar-refractivity contribution in [2.75, 3.05) is 45.1 Å². The average molecular weight is 654 g/mol. The van der Waals surface area contributed by atoms with Crippen molar-refractivity contribution in [1.82, 2.24) is 14.1 Å². The lowest BCUT2D eigenvalue weighted by atomic mass is 10.1. The molecule has 3 aromatic rings. The van der Waals surface area contributed by atoms with Crippen LogP contribution in [0.5, 0.6) is 0 Å². The Morgan fingerprint density at radius 2 is 1.56 bits per heavy atom. The minimum atomic E-state index is -4.04. The molecular weight excluding hydrogens is 627 g/mol. The fraction of sp³-hybridized carbons (Fsp3) is 0.259. The topological polar surface area (TPSA) is 90.0 Å². The van der Waals surface area contributed by atoms with E-state index in [1.165, 1.54) is 12.1 Å². The Labute approximate surface area is 246 Å². The molecule has 206 valence electrons. The number of halogens is 3. The molecule has 12 heteroatoms. The number of sulfonamides is 1. The predicted octanol–water partition coefficient (Wildman–Crippen LogP) is 4.97. The first-order valence-corrected chi connectivity index (χ1v) is 15.1. The van der Waals surface area contributed by atoms with Crippen LogP contribution in [0.2, 0.25) is 10.0 Å². The van der Waals surface area contributed by atoms with Crippen LogP contribution in [0.15, 0.2) is 76.1 Å². The van der Waals surface area contributed by atoms with Crippen LogP contribution in [-0.4, -0.2) is 74.1 Å². The molecule has 0 aliphatic carbocycles. The predicted molar refractivity (Wildman–Crippen MR) is 157 cm³/mol. The number of piperazine rings is 1. The van der Waals surface area contributed by atoms with E-state index in [2.05, 4.69) is 26.1 Å². The van der Waals surface area contributed by atoms with Crippen LogP contribution in [0.3, 0.4) is 0 Å². The minimum absolute atomic E-state index is 0.0466. The van der Waals surface area contributed by atoms with Gasteiger partial charge in [0.05, 0.1) is 21.5 Å². The molecule has 0 bridgehead atoms. The quantitative estimate of drug-likeness (QED) is 0.371. The Bertz CT molecular complexity index is 1450. The molecule has 8 nitrogen and oxygen atoms in total. The highest BCUT2D eigenvalue weighted by atomic mass is 79.9. The van der Waals surface area contributed by atoms with Gasteiger partial charge in [-0.25, -0.2) is 8.42 Å². The second-order valence-electron chi connectivity index (χ2n) is 9.20. The molecule has 1 aliphatic rings. The number of benzene rings is 3. The zero-order valence-electron chi connectivity index (χ0n) is 21.1. The van der Waals surface area contributed by atoms with E-state index in [0.29, 0.717) is 34.9 Å². The Morgan fingerprint density at radius 1 is 0.923 bits per heavy atom. The highest BCUT2D eigenvalue weighted by Crippen LogP contribution is 2.26. The molecule has 1 aliphatic heterocycles. The Hall–Kier alpha value is -2.47. The maximum Gasteiger partial charge on any atom is 0.253 e. The number of nitrogens with one attached hydrogen (secondary N) is 1. The van der Waals surface area contributed by atoms with Gasteiger partial charge >= 0.3 is 0 Å². The molecule has 2 amide bonds. The minimum Gasteiger partial charge on any atom is -0.336 e. The molecule has 1 fully saturated rings. The van der Waals surface area contributed by atoms with E-state index in [9.17, 15) is 18.0 Å². The van der Waals surface area contributed by atoms with Crippen LogP contribution in [0.25, 0.3) is 0 Å². The summed E-state index contributed by atoms with van der Waals surface area (Å²) in [7, 11) is -2.02. The van der Waals surface area contributed by atoms with Crippen molar-refractivity contribution in [3.8, 4) is 0 Å². The van der Waals surface area contributed by atoms with Crippen molar-refractivity contribution < 1.29 is 18.0 Å². The molecule has 0 aromatic heterocycles. The summed E-state index contributed by atoms with van der Waals surface area (Å²) in [4.78, 5) is 29.8. The fourth-order valence-corrected chi connectivity index (χ4v) is 6.04. The number of hydrogen-bond donors (Lipinski definition) is 1. The number of carbonyl (C=O) groups excluding carboxylic acids is 2. The first-order chi connectivity index (χ1) is 18.5. The maximum atomic E-state index is 13.5. The molecule has 1 saturated heterocycles. The number of hydrogen-bond acceptors (Lipinski definition) is 5. The zero-order chi connectivity index (χ0) is 28.2. The molecule has 0 atom stereocenters. The van der Waals surface area contributed by atoms with Crippen LogP contribution >= 0.6 is 39.1 Å². The summed E-state index contributed by atoms with van der Waals surface area (Å²) in [6.07, 6.45) is 0. The average Bonchev–Trinajstić information content (AvgIpc) is 2.91. The van der Waals surface area contributed by atoms with Crippen molar-refractivity contribution in [2.45, 2.75) is 11.4 Å². The van der Waals surface area contributed by atoms with Crippen molar-refractivity contribution in [3.63, 3.8) is 0 Å². The number of rotatable bonds is 8. The van der Waals surface area contributed by atoms with Crippen molar-refractivity contribution in [3.05, 3.63) is 92.4 Å². The molecule has 1 N–H and O–H groups in total. The van der Waals surface area contributed by atoms with Crippen molar-refractivity contribution in [1.29, 1.82) is 0 Å². The van der Waals surface area contributed by atoms with Gasteiger partial charge < -0.3 is 15.1 Å². The number of nitrogens with zero attached hydrogens (tertiary/aromatic N) is 3. The number of anilines is 1. The van der Waals surface area contributed by atoms with Gasteiger partial charge in [0, 0.05) is 48.4 Å². The van der Waals surface area contributed by atoms with Gasteiger partial charge in [-0.05, 0) is 73.3 Å². The molecule has 0 unspecified atom stereocenters. The van der Waals surface area contributed by atoms with E-state index in [1.54, 1.807) is 54.6 Å². The van der Waals surface area contributed by atoms with E-state index in [4.69, 9.17) is 23.2 Å². The molecular formula is C27H27BrCl2N4O4S. The van der Waals surface area contributed by atoms with E-state index < -0.39 is 22.5 Å².